The quantitative estimate of drug-likeness (QED) is 0.687. The van der Waals surface area contributed by atoms with Crippen LogP contribution in [0.25, 0.3) is 0 Å². The maximum Gasteiger partial charge on any atom is 0.271 e. The molecule has 1 fully saturated rings. The summed E-state index contributed by atoms with van der Waals surface area (Å²) in [6, 6.07) is 17.4. The van der Waals surface area contributed by atoms with Crippen LogP contribution in [-0.2, 0) is 0 Å². The Kier molecular flexibility index (Phi) is 5.61. The second kappa shape index (κ2) is 8.29. The zero-order valence-electron chi connectivity index (χ0n) is 13.8. The molecule has 1 amide bonds. The fraction of sp³-hybridized carbons (Fsp3) is 0.300. The van der Waals surface area contributed by atoms with Gasteiger partial charge in [-0.3, -0.25) is 4.79 Å². The Balaban J connectivity index is 1.56. The summed E-state index contributed by atoms with van der Waals surface area (Å²) in [4.78, 5) is 14.3. The average molecular weight is 321 g/mol. The second-order valence-electron chi connectivity index (χ2n) is 6.06. The molecule has 4 heteroatoms. The number of rotatable bonds is 4. The lowest BCUT2D eigenvalue weighted by Gasteiger charge is -2.22. The van der Waals surface area contributed by atoms with Crippen LogP contribution in [0.15, 0.2) is 59.7 Å². The van der Waals surface area contributed by atoms with Gasteiger partial charge in [0.25, 0.3) is 5.91 Å². The van der Waals surface area contributed by atoms with Gasteiger partial charge in [-0.05, 0) is 42.7 Å². The number of amides is 1. The fourth-order valence-corrected chi connectivity index (χ4v) is 2.92. The number of nitrogens with zero attached hydrogens (tertiary/aromatic N) is 2. The van der Waals surface area contributed by atoms with Crippen LogP contribution < -0.4 is 10.3 Å². The molecule has 0 saturated carbocycles. The zero-order valence-corrected chi connectivity index (χ0v) is 13.8. The first kappa shape index (κ1) is 16.2. The highest BCUT2D eigenvalue weighted by Crippen LogP contribution is 2.19. The predicted molar refractivity (Wildman–Crippen MR) is 98.6 cm³/mol. The summed E-state index contributed by atoms with van der Waals surface area (Å²) in [6.45, 7) is 2.28. The van der Waals surface area contributed by atoms with Crippen molar-refractivity contribution in [2.75, 3.05) is 18.0 Å². The van der Waals surface area contributed by atoms with Crippen molar-refractivity contribution in [2.45, 2.75) is 25.7 Å². The van der Waals surface area contributed by atoms with Crippen LogP contribution in [0.3, 0.4) is 0 Å². The number of carbonyl (C=O) groups excluding carboxylic acids is 1. The SMILES string of the molecule is O=C(N/N=C\c1ccc(N2CCCCCC2)cc1)c1ccccc1. The van der Waals surface area contributed by atoms with Gasteiger partial charge in [0.05, 0.1) is 6.21 Å². The van der Waals surface area contributed by atoms with Crippen molar-refractivity contribution in [2.24, 2.45) is 5.10 Å². The number of hydrazone groups is 1. The van der Waals surface area contributed by atoms with Gasteiger partial charge in [0.2, 0.25) is 0 Å². The Morgan fingerprint density at radius 3 is 2.25 bits per heavy atom. The highest BCUT2D eigenvalue weighted by atomic mass is 16.2. The molecule has 1 saturated heterocycles. The normalized spacial score (nSPS) is 15.2. The van der Waals surface area contributed by atoms with E-state index in [4.69, 9.17) is 0 Å². The average Bonchev–Trinajstić information content (AvgIpc) is 2.92. The molecule has 1 N–H and O–H groups in total. The molecule has 1 aliphatic rings. The van der Waals surface area contributed by atoms with Crippen LogP contribution in [0.2, 0.25) is 0 Å². The molecule has 0 aromatic heterocycles. The summed E-state index contributed by atoms with van der Waals surface area (Å²) in [5, 5.41) is 4.04. The number of hydrogen-bond acceptors (Lipinski definition) is 3. The van der Waals surface area contributed by atoms with Gasteiger partial charge in [0.15, 0.2) is 0 Å². The molecule has 124 valence electrons. The summed E-state index contributed by atoms with van der Waals surface area (Å²) in [5.41, 5.74) is 5.40. The molecule has 0 aliphatic carbocycles. The van der Waals surface area contributed by atoms with Gasteiger partial charge >= 0.3 is 0 Å². The van der Waals surface area contributed by atoms with E-state index in [1.165, 1.54) is 31.4 Å². The summed E-state index contributed by atoms with van der Waals surface area (Å²) in [7, 11) is 0. The Morgan fingerprint density at radius 2 is 1.58 bits per heavy atom. The minimum atomic E-state index is -0.201. The lowest BCUT2D eigenvalue weighted by molar-refractivity contribution is 0.0955. The predicted octanol–water partition coefficient (Wildman–Crippen LogP) is 3.83. The smallest absolute Gasteiger partial charge is 0.271 e. The molecule has 0 bridgehead atoms. The third kappa shape index (κ3) is 4.44. The number of carbonyl (C=O) groups is 1. The fourth-order valence-electron chi connectivity index (χ4n) is 2.92. The van der Waals surface area contributed by atoms with Crippen molar-refractivity contribution in [3.63, 3.8) is 0 Å². The molecule has 0 spiro atoms. The summed E-state index contributed by atoms with van der Waals surface area (Å²) >= 11 is 0. The van der Waals surface area contributed by atoms with Crippen molar-refractivity contribution in [3.8, 4) is 0 Å². The molecule has 0 unspecified atom stereocenters. The van der Waals surface area contributed by atoms with Gasteiger partial charge in [0, 0.05) is 24.3 Å². The molecule has 1 aliphatic heterocycles. The van der Waals surface area contributed by atoms with E-state index >= 15 is 0 Å². The molecule has 3 rings (SSSR count). The lowest BCUT2D eigenvalue weighted by Crippen LogP contribution is -2.23. The number of nitrogens with one attached hydrogen (secondary N) is 1. The number of benzene rings is 2. The van der Waals surface area contributed by atoms with E-state index in [0.717, 1.165) is 18.7 Å². The van der Waals surface area contributed by atoms with Gasteiger partial charge in [-0.1, -0.05) is 43.2 Å². The van der Waals surface area contributed by atoms with Crippen molar-refractivity contribution < 1.29 is 4.79 Å². The highest BCUT2D eigenvalue weighted by molar-refractivity contribution is 5.94. The largest absolute Gasteiger partial charge is 0.372 e. The Bertz CT molecular complexity index is 672. The third-order valence-electron chi connectivity index (χ3n) is 4.28. The van der Waals surface area contributed by atoms with Gasteiger partial charge < -0.3 is 4.90 Å². The molecular formula is C20H23N3O. The van der Waals surface area contributed by atoms with E-state index in [1.54, 1.807) is 18.3 Å². The molecule has 2 aromatic carbocycles. The van der Waals surface area contributed by atoms with Crippen LogP contribution >= 0.6 is 0 Å². The van der Waals surface area contributed by atoms with Crippen molar-refractivity contribution in [1.82, 2.24) is 5.43 Å². The first-order valence-electron chi connectivity index (χ1n) is 8.56. The Morgan fingerprint density at radius 1 is 0.917 bits per heavy atom. The van der Waals surface area contributed by atoms with Gasteiger partial charge in [-0.15, -0.1) is 0 Å². The van der Waals surface area contributed by atoms with E-state index in [-0.39, 0.29) is 5.91 Å². The first-order chi connectivity index (χ1) is 11.8. The van der Waals surface area contributed by atoms with E-state index < -0.39 is 0 Å². The van der Waals surface area contributed by atoms with Gasteiger partial charge in [-0.2, -0.15) is 5.10 Å². The molecule has 2 aromatic rings. The van der Waals surface area contributed by atoms with Crippen LogP contribution in [0.4, 0.5) is 5.69 Å². The standard InChI is InChI=1S/C20H23N3O/c24-20(18-8-4-3-5-9-18)22-21-16-17-10-12-19(13-11-17)23-14-6-1-2-7-15-23/h3-5,8-13,16H,1-2,6-7,14-15H2,(H,22,24)/b21-16-. The van der Waals surface area contributed by atoms with Crippen molar-refractivity contribution in [1.29, 1.82) is 0 Å². The molecule has 4 nitrogen and oxygen atoms in total. The Labute approximate surface area is 143 Å². The zero-order chi connectivity index (χ0) is 16.6. The van der Waals surface area contributed by atoms with Crippen LogP contribution in [-0.4, -0.2) is 25.2 Å². The summed E-state index contributed by atoms with van der Waals surface area (Å²) in [6.07, 6.45) is 6.89. The first-order valence-corrected chi connectivity index (χ1v) is 8.56. The minimum absolute atomic E-state index is 0.201. The summed E-state index contributed by atoms with van der Waals surface area (Å²) in [5.74, 6) is -0.201. The number of hydrogen-bond donors (Lipinski definition) is 1. The van der Waals surface area contributed by atoms with Gasteiger partial charge in [0.1, 0.15) is 0 Å². The van der Waals surface area contributed by atoms with E-state index in [2.05, 4.69) is 27.6 Å². The molecular weight excluding hydrogens is 298 g/mol. The summed E-state index contributed by atoms with van der Waals surface area (Å²) < 4.78 is 0. The van der Waals surface area contributed by atoms with E-state index in [0.29, 0.717) is 5.56 Å². The molecule has 0 atom stereocenters. The highest BCUT2D eigenvalue weighted by Gasteiger charge is 2.09. The van der Waals surface area contributed by atoms with Crippen molar-refractivity contribution in [3.05, 3.63) is 65.7 Å². The minimum Gasteiger partial charge on any atom is -0.372 e. The maximum absolute atomic E-state index is 11.9. The van der Waals surface area contributed by atoms with Gasteiger partial charge in [-0.25, -0.2) is 5.43 Å². The lowest BCUT2D eigenvalue weighted by atomic mass is 10.2. The van der Waals surface area contributed by atoms with E-state index in [9.17, 15) is 4.79 Å². The number of anilines is 1. The van der Waals surface area contributed by atoms with Crippen LogP contribution in [0.1, 0.15) is 41.6 Å². The third-order valence-corrected chi connectivity index (χ3v) is 4.28. The van der Waals surface area contributed by atoms with Crippen LogP contribution in [0.5, 0.6) is 0 Å². The second-order valence-corrected chi connectivity index (χ2v) is 6.06. The maximum atomic E-state index is 11.9. The Hall–Kier alpha value is -2.62. The molecule has 0 radical (unpaired) electrons. The van der Waals surface area contributed by atoms with E-state index in [1.807, 2.05) is 30.3 Å². The molecule has 1 heterocycles. The van der Waals surface area contributed by atoms with Crippen LogP contribution in [0, 0.1) is 0 Å². The topological polar surface area (TPSA) is 44.7 Å². The monoisotopic (exact) mass is 321 g/mol. The van der Waals surface area contributed by atoms with Crippen molar-refractivity contribution >= 4 is 17.8 Å². The molecule has 24 heavy (non-hydrogen) atoms.